The minimum Gasteiger partial charge on any atom is -0.399 e. The maximum Gasteiger partial charge on any atom is 0.241 e. The van der Waals surface area contributed by atoms with Crippen LogP contribution in [0.25, 0.3) is 0 Å². The van der Waals surface area contributed by atoms with Crippen molar-refractivity contribution in [2.75, 3.05) is 5.73 Å². The van der Waals surface area contributed by atoms with Gasteiger partial charge in [0.25, 0.3) is 0 Å². The number of carbonyl (C=O) groups is 1. The molecule has 0 fully saturated rings. The quantitative estimate of drug-likeness (QED) is 0.593. The zero-order valence-electron chi connectivity index (χ0n) is 16.4. The monoisotopic (exact) mass is 425 g/mol. The van der Waals surface area contributed by atoms with Crippen molar-refractivity contribution in [1.82, 2.24) is 10.0 Å². The second-order valence-corrected chi connectivity index (χ2v) is 9.09. The van der Waals surface area contributed by atoms with Crippen molar-refractivity contribution < 1.29 is 13.2 Å². The number of nitrogen functional groups attached to an aromatic ring is 1. The molecular weight excluding hydrogens is 398 g/mol. The third-order valence-electron chi connectivity index (χ3n) is 3.86. The molecule has 154 valence electrons. The van der Waals surface area contributed by atoms with E-state index >= 15 is 0 Å². The van der Waals surface area contributed by atoms with E-state index in [9.17, 15) is 13.2 Å². The molecule has 0 saturated heterocycles. The van der Waals surface area contributed by atoms with Gasteiger partial charge in [-0.05, 0) is 50.5 Å². The van der Waals surface area contributed by atoms with Gasteiger partial charge in [-0.1, -0.05) is 36.4 Å². The summed E-state index contributed by atoms with van der Waals surface area (Å²) >= 11 is 0. The lowest BCUT2D eigenvalue weighted by Crippen LogP contribution is -2.41. The van der Waals surface area contributed by atoms with Gasteiger partial charge in [0.15, 0.2) is 0 Å². The molecule has 4 N–H and O–H groups in total. The molecule has 0 aromatic heterocycles. The minimum absolute atomic E-state index is 0. The molecule has 0 bridgehead atoms. The number of benzene rings is 2. The summed E-state index contributed by atoms with van der Waals surface area (Å²) in [6.07, 6.45) is 0.813. The van der Waals surface area contributed by atoms with Gasteiger partial charge in [-0.15, -0.1) is 12.4 Å². The van der Waals surface area contributed by atoms with Gasteiger partial charge in [0.05, 0.1) is 4.90 Å². The molecule has 0 aliphatic rings. The first-order chi connectivity index (χ1) is 12.6. The minimum atomic E-state index is -3.68. The van der Waals surface area contributed by atoms with Crippen LogP contribution in [0.4, 0.5) is 5.69 Å². The van der Waals surface area contributed by atoms with Crippen molar-refractivity contribution >= 4 is 34.0 Å². The van der Waals surface area contributed by atoms with Crippen LogP contribution in [0.1, 0.15) is 38.3 Å². The van der Waals surface area contributed by atoms with Gasteiger partial charge >= 0.3 is 0 Å². The molecule has 2 aromatic rings. The van der Waals surface area contributed by atoms with Gasteiger partial charge in [-0.3, -0.25) is 4.79 Å². The third kappa shape index (κ3) is 7.14. The summed E-state index contributed by atoms with van der Waals surface area (Å²) in [7, 11) is -3.68. The summed E-state index contributed by atoms with van der Waals surface area (Å²) in [5, 5.41) is 2.79. The summed E-state index contributed by atoms with van der Waals surface area (Å²) in [6.45, 7) is 5.49. The first kappa shape index (κ1) is 23.9. The van der Waals surface area contributed by atoms with Crippen molar-refractivity contribution in [3.63, 3.8) is 0 Å². The predicted molar refractivity (Wildman–Crippen MR) is 115 cm³/mol. The highest BCUT2D eigenvalue weighted by Crippen LogP contribution is 2.18. The van der Waals surface area contributed by atoms with E-state index < -0.39 is 15.6 Å². The highest BCUT2D eigenvalue weighted by molar-refractivity contribution is 7.89. The van der Waals surface area contributed by atoms with E-state index in [1.165, 1.54) is 0 Å². The van der Waals surface area contributed by atoms with Crippen molar-refractivity contribution in [1.29, 1.82) is 0 Å². The van der Waals surface area contributed by atoms with Crippen LogP contribution in [0.15, 0.2) is 53.4 Å². The second kappa shape index (κ2) is 9.91. The lowest BCUT2D eigenvalue weighted by atomic mass is 10.1. The van der Waals surface area contributed by atoms with Crippen molar-refractivity contribution in [2.45, 2.75) is 50.6 Å². The molecule has 2 aromatic carbocycles. The number of aryl methyl sites for hydroxylation is 1. The zero-order chi connectivity index (χ0) is 20.1. The molecule has 28 heavy (non-hydrogen) atoms. The Morgan fingerprint density at radius 1 is 1.00 bits per heavy atom. The molecule has 8 heteroatoms. The highest BCUT2D eigenvalue weighted by Gasteiger charge is 2.24. The summed E-state index contributed by atoms with van der Waals surface area (Å²) in [5.41, 5.74) is 7.42. The number of amides is 1. The lowest BCUT2D eigenvalue weighted by molar-refractivity contribution is -0.121. The van der Waals surface area contributed by atoms with E-state index in [2.05, 4.69) is 10.0 Å². The van der Waals surface area contributed by atoms with E-state index in [1.54, 1.807) is 51.1 Å². The van der Waals surface area contributed by atoms with Gasteiger partial charge in [0.1, 0.15) is 0 Å². The smallest absolute Gasteiger partial charge is 0.241 e. The topological polar surface area (TPSA) is 101 Å². The van der Waals surface area contributed by atoms with E-state index in [1.807, 2.05) is 18.2 Å². The molecule has 0 atom stereocenters. The molecule has 0 aliphatic heterocycles. The zero-order valence-corrected chi connectivity index (χ0v) is 18.0. The van der Waals surface area contributed by atoms with Crippen LogP contribution in [0.2, 0.25) is 0 Å². The fraction of sp³-hybridized carbons (Fsp3) is 0.350. The van der Waals surface area contributed by atoms with Crippen molar-refractivity contribution in [2.24, 2.45) is 0 Å². The number of nitrogens with two attached hydrogens (primary N) is 1. The molecule has 0 unspecified atom stereocenters. The third-order valence-corrected chi connectivity index (χ3v) is 5.71. The van der Waals surface area contributed by atoms with Crippen LogP contribution >= 0.6 is 12.4 Å². The average Bonchev–Trinajstić information content (AvgIpc) is 2.57. The van der Waals surface area contributed by atoms with Crippen molar-refractivity contribution in [3.8, 4) is 0 Å². The van der Waals surface area contributed by atoms with E-state index in [4.69, 9.17) is 5.73 Å². The van der Waals surface area contributed by atoms with Crippen molar-refractivity contribution in [3.05, 3.63) is 59.7 Å². The first-order valence-corrected chi connectivity index (χ1v) is 10.3. The Bertz CT molecular complexity index is 909. The maximum absolute atomic E-state index is 12.6. The second-order valence-electron chi connectivity index (χ2n) is 7.44. The normalized spacial score (nSPS) is 11.5. The largest absolute Gasteiger partial charge is 0.399 e. The van der Waals surface area contributed by atoms with Crippen LogP contribution in [-0.2, 0) is 27.8 Å². The number of carbonyl (C=O) groups excluding carboxylic acids is 1. The Labute approximate surface area is 173 Å². The number of para-hydroxylation sites is 1. The number of halogens is 1. The Morgan fingerprint density at radius 3 is 2.18 bits per heavy atom. The number of nitrogens with one attached hydrogen (secondary N) is 2. The molecule has 0 aliphatic carbocycles. The first-order valence-electron chi connectivity index (χ1n) is 8.80. The molecule has 2 rings (SSSR count). The van der Waals surface area contributed by atoms with Crippen LogP contribution in [0, 0.1) is 0 Å². The number of sulfonamides is 1. The summed E-state index contributed by atoms with van der Waals surface area (Å²) in [6, 6.07) is 14.1. The molecule has 6 nitrogen and oxygen atoms in total. The predicted octanol–water partition coefficient (Wildman–Crippen LogP) is 3.02. The average molecular weight is 426 g/mol. The number of anilines is 1. The highest BCUT2D eigenvalue weighted by atomic mass is 35.5. The van der Waals surface area contributed by atoms with Crippen LogP contribution in [-0.4, -0.2) is 19.9 Å². The molecule has 0 heterocycles. The Kier molecular flexibility index (Phi) is 8.48. The number of rotatable bonds is 7. The van der Waals surface area contributed by atoms with Crippen LogP contribution in [0.5, 0.6) is 0 Å². The number of hydrogen-bond acceptors (Lipinski definition) is 4. The summed E-state index contributed by atoms with van der Waals surface area (Å²) in [5.74, 6) is -0.158. The van der Waals surface area contributed by atoms with Gasteiger partial charge in [-0.2, -0.15) is 0 Å². The SMILES string of the molecule is CC(C)(C)NS(=O)(=O)c1ccccc1CNC(=O)CCc1ccccc1N.Cl. The Morgan fingerprint density at radius 2 is 1.57 bits per heavy atom. The fourth-order valence-electron chi connectivity index (χ4n) is 2.66. The molecule has 0 spiro atoms. The van der Waals surface area contributed by atoms with Crippen LogP contribution in [0.3, 0.4) is 0 Å². The standard InChI is InChI=1S/C20H27N3O3S.ClH/c1-20(2,3)23-27(25,26)18-11-7-5-9-16(18)14-22-19(24)13-12-15-8-4-6-10-17(15)21;/h4-11,23H,12-14,21H2,1-3H3,(H,22,24);1H. The van der Waals surface area contributed by atoms with Gasteiger partial charge in [0.2, 0.25) is 15.9 Å². The lowest BCUT2D eigenvalue weighted by Gasteiger charge is -2.21. The molecule has 0 radical (unpaired) electrons. The number of hydrogen-bond donors (Lipinski definition) is 3. The van der Waals surface area contributed by atoms with Gasteiger partial charge in [0, 0.05) is 24.2 Å². The van der Waals surface area contributed by atoms with E-state index in [-0.39, 0.29) is 36.2 Å². The van der Waals surface area contributed by atoms with Gasteiger partial charge in [-0.25, -0.2) is 13.1 Å². The summed E-state index contributed by atoms with van der Waals surface area (Å²) in [4.78, 5) is 12.3. The Hall–Kier alpha value is -2.09. The molecule has 1 amide bonds. The van der Waals surface area contributed by atoms with Gasteiger partial charge < -0.3 is 11.1 Å². The fourth-order valence-corrected chi connectivity index (χ4v) is 4.32. The van der Waals surface area contributed by atoms with Crippen LogP contribution < -0.4 is 15.8 Å². The molecular formula is C20H28ClN3O3S. The van der Waals surface area contributed by atoms with E-state index in [0.29, 0.717) is 17.7 Å². The summed E-state index contributed by atoms with van der Waals surface area (Å²) < 4.78 is 27.9. The maximum atomic E-state index is 12.6. The Balaban J connectivity index is 0.00000392. The van der Waals surface area contributed by atoms with E-state index in [0.717, 1.165) is 5.56 Å². The molecule has 0 saturated carbocycles.